The highest BCUT2D eigenvalue weighted by atomic mass is 32.2. The standard InChI is InChI=1S/C16H15F2N3O2S/c1-20(11-15-19-8-9-21(15)16(17)18)24(22,23)14-7-6-12-4-2-3-5-13(12)10-14/h2-10,16H,11H2,1H3. The number of alkyl halides is 2. The van der Waals surface area contributed by atoms with Crippen LogP contribution >= 0.6 is 0 Å². The third kappa shape index (κ3) is 3.02. The second kappa shape index (κ2) is 6.29. The molecule has 3 aromatic rings. The Labute approximate surface area is 138 Å². The van der Waals surface area contributed by atoms with Gasteiger partial charge in [-0.3, -0.25) is 4.57 Å². The van der Waals surface area contributed by atoms with Gasteiger partial charge in [-0.1, -0.05) is 30.3 Å². The van der Waals surface area contributed by atoms with Crippen LogP contribution in [0.2, 0.25) is 0 Å². The molecule has 1 aromatic heterocycles. The summed E-state index contributed by atoms with van der Waals surface area (Å²) in [6.07, 6.45) is 2.34. The first kappa shape index (κ1) is 16.5. The molecule has 0 atom stereocenters. The number of imidazole rings is 1. The fourth-order valence-corrected chi connectivity index (χ4v) is 3.60. The second-order valence-corrected chi connectivity index (χ2v) is 7.34. The molecule has 126 valence electrons. The molecule has 0 aliphatic rings. The van der Waals surface area contributed by atoms with Crippen LogP contribution < -0.4 is 0 Å². The van der Waals surface area contributed by atoms with Gasteiger partial charge in [0.05, 0.1) is 11.4 Å². The molecule has 24 heavy (non-hydrogen) atoms. The predicted octanol–water partition coefficient (Wildman–Crippen LogP) is 3.25. The predicted molar refractivity (Wildman–Crippen MR) is 86.1 cm³/mol. The summed E-state index contributed by atoms with van der Waals surface area (Å²) in [5.41, 5.74) is 0. The maximum Gasteiger partial charge on any atom is 0.319 e. The first-order valence-electron chi connectivity index (χ1n) is 7.14. The quantitative estimate of drug-likeness (QED) is 0.709. The fraction of sp³-hybridized carbons (Fsp3) is 0.188. The summed E-state index contributed by atoms with van der Waals surface area (Å²) in [5, 5.41) is 1.72. The maximum absolute atomic E-state index is 12.9. The van der Waals surface area contributed by atoms with E-state index in [1.54, 1.807) is 12.1 Å². The van der Waals surface area contributed by atoms with Gasteiger partial charge < -0.3 is 0 Å². The van der Waals surface area contributed by atoms with E-state index in [4.69, 9.17) is 0 Å². The molecule has 0 unspecified atom stereocenters. The molecule has 0 saturated heterocycles. The lowest BCUT2D eigenvalue weighted by Crippen LogP contribution is -2.28. The zero-order chi connectivity index (χ0) is 17.3. The van der Waals surface area contributed by atoms with Gasteiger partial charge in [0.25, 0.3) is 0 Å². The van der Waals surface area contributed by atoms with Crippen LogP contribution in [0.15, 0.2) is 59.8 Å². The SMILES string of the molecule is CN(Cc1nccn1C(F)F)S(=O)(=O)c1ccc2ccccc2c1. The summed E-state index contributed by atoms with van der Waals surface area (Å²) in [6.45, 7) is -3.01. The third-order valence-electron chi connectivity index (χ3n) is 3.75. The van der Waals surface area contributed by atoms with E-state index in [1.807, 2.05) is 24.3 Å². The molecule has 0 N–H and O–H groups in total. The maximum atomic E-state index is 12.9. The Morgan fingerprint density at radius 3 is 2.58 bits per heavy atom. The van der Waals surface area contributed by atoms with Gasteiger partial charge in [-0.15, -0.1) is 0 Å². The highest BCUT2D eigenvalue weighted by Gasteiger charge is 2.23. The molecule has 0 bridgehead atoms. The van der Waals surface area contributed by atoms with E-state index >= 15 is 0 Å². The first-order valence-corrected chi connectivity index (χ1v) is 8.58. The Balaban J connectivity index is 1.92. The molecule has 0 saturated carbocycles. The third-order valence-corrected chi connectivity index (χ3v) is 5.55. The molecule has 0 amide bonds. The zero-order valence-electron chi connectivity index (χ0n) is 12.8. The van der Waals surface area contributed by atoms with Crippen LogP contribution in [0.25, 0.3) is 10.8 Å². The number of halogens is 2. The monoisotopic (exact) mass is 351 g/mol. The zero-order valence-corrected chi connectivity index (χ0v) is 13.6. The molecule has 5 nitrogen and oxygen atoms in total. The molecule has 0 radical (unpaired) electrons. The summed E-state index contributed by atoms with van der Waals surface area (Å²) in [6, 6.07) is 12.2. The van der Waals surface area contributed by atoms with E-state index in [0.29, 0.717) is 4.57 Å². The molecular formula is C16H15F2N3O2S. The van der Waals surface area contributed by atoms with Crippen molar-refractivity contribution in [2.45, 2.75) is 18.0 Å². The van der Waals surface area contributed by atoms with E-state index in [1.165, 1.54) is 19.3 Å². The molecule has 0 spiro atoms. The minimum absolute atomic E-state index is 0.0168. The van der Waals surface area contributed by atoms with E-state index in [2.05, 4.69) is 4.98 Å². The Hall–Kier alpha value is -2.32. The average molecular weight is 351 g/mol. The number of aromatic nitrogens is 2. The smallest absolute Gasteiger partial charge is 0.277 e. The van der Waals surface area contributed by atoms with Crippen molar-refractivity contribution in [3.63, 3.8) is 0 Å². The van der Waals surface area contributed by atoms with Crippen LogP contribution in [0.1, 0.15) is 12.4 Å². The van der Waals surface area contributed by atoms with Crippen LogP contribution in [0.3, 0.4) is 0 Å². The van der Waals surface area contributed by atoms with Crippen molar-refractivity contribution >= 4 is 20.8 Å². The first-order chi connectivity index (χ1) is 11.4. The van der Waals surface area contributed by atoms with Crippen LogP contribution in [0.5, 0.6) is 0 Å². The van der Waals surface area contributed by atoms with Gasteiger partial charge in [0, 0.05) is 19.4 Å². The van der Waals surface area contributed by atoms with Crippen LogP contribution in [0.4, 0.5) is 8.78 Å². The lowest BCUT2D eigenvalue weighted by molar-refractivity contribution is 0.0658. The Morgan fingerprint density at radius 1 is 1.17 bits per heavy atom. The largest absolute Gasteiger partial charge is 0.319 e. The van der Waals surface area contributed by atoms with Crippen LogP contribution in [0, 0.1) is 0 Å². The van der Waals surface area contributed by atoms with Gasteiger partial charge >= 0.3 is 6.55 Å². The summed E-state index contributed by atoms with van der Waals surface area (Å²) in [7, 11) is -2.47. The highest BCUT2D eigenvalue weighted by molar-refractivity contribution is 7.89. The molecule has 0 fully saturated rings. The Bertz CT molecular complexity index is 970. The lowest BCUT2D eigenvalue weighted by Gasteiger charge is -2.18. The second-order valence-electron chi connectivity index (χ2n) is 5.30. The minimum atomic E-state index is -3.81. The molecule has 0 aliphatic heterocycles. The topological polar surface area (TPSA) is 55.2 Å². The molecular weight excluding hydrogens is 336 g/mol. The normalized spacial score (nSPS) is 12.4. The van der Waals surface area contributed by atoms with Gasteiger partial charge in [0.1, 0.15) is 5.82 Å². The molecule has 0 aliphatic carbocycles. The van der Waals surface area contributed by atoms with Crippen LogP contribution in [-0.4, -0.2) is 29.3 Å². The molecule has 8 heteroatoms. The number of rotatable bonds is 5. The van der Waals surface area contributed by atoms with E-state index in [0.717, 1.165) is 21.3 Å². The Kier molecular flexibility index (Phi) is 4.33. The van der Waals surface area contributed by atoms with Crippen molar-refractivity contribution in [3.8, 4) is 0 Å². The van der Waals surface area contributed by atoms with E-state index in [9.17, 15) is 17.2 Å². The van der Waals surface area contributed by atoms with E-state index < -0.39 is 16.6 Å². The minimum Gasteiger partial charge on any atom is -0.277 e. The highest BCUT2D eigenvalue weighted by Crippen LogP contribution is 2.22. The van der Waals surface area contributed by atoms with Gasteiger partial charge in [0.2, 0.25) is 10.0 Å². The van der Waals surface area contributed by atoms with Crippen LogP contribution in [-0.2, 0) is 16.6 Å². The van der Waals surface area contributed by atoms with E-state index in [-0.39, 0.29) is 17.3 Å². The Morgan fingerprint density at radius 2 is 1.88 bits per heavy atom. The van der Waals surface area contributed by atoms with Gasteiger partial charge in [0.15, 0.2) is 0 Å². The van der Waals surface area contributed by atoms with Crippen molar-refractivity contribution < 1.29 is 17.2 Å². The van der Waals surface area contributed by atoms with Gasteiger partial charge in [-0.25, -0.2) is 13.4 Å². The van der Waals surface area contributed by atoms with Crippen molar-refractivity contribution in [2.24, 2.45) is 0 Å². The number of hydrogen-bond acceptors (Lipinski definition) is 3. The van der Waals surface area contributed by atoms with Gasteiger partial charge in [-0.2, -0.15) is 13.1 Å². The number of nitrogens with zero attached hydrogens (tertiary/aromatic N) is 3. The summed E-state index contributed by atoms with van der Waals surface area (Å²) < 4.78 is 52.7. The molecule has 3 rings (SSSR count). The number of sulfonamides is 1. The van der Waals surface area contributed by atoms with Gasteiger partial charge in [-0.05, 0) is 22.9 Å². The van der Waals surface area contributed by atoms with Crippen molar-refractivity contribution in [2.75, 3.05) is 7.05 Å². The summed E-state index contributed by atoms with van der Waals surface area (Å²) in [5.74, 6) is -0.0168. The number of benzene rings is 2. The summed E-state index contributed by atoms with van der Waals surface area (Å²) >= 11 is 0. The molecule has 1 heterocycles. The van der Waals surface area contributed by atoms with Crippen molar-refractivity contribution in [1.82, 2.24) is 13.9 Å². The van der Waals surface area contributed by atoms with Crippen molar-refractivity contribution in [1.29, 1.82) is 0 Å². The number of hydrogen-bond donors (Lipinski definition) is 0. The number of fused-ring (bicyclic) bond motifs is 1. The average Bonchev–Trinajstić information content (AvgIpc) is 3.02. The lowest BCUT2D eigenvalue weighted by atomic mass is 10.1. The fourth-order valence-electron chi connectivity index (χ4n) is 2.44. The summed E-state index contributed by atoms with van der Waals surface area (Å²) in [4.78, 5) is 3.92. The van der Waals surface area contributed by atoms with Crippen molar-refractivity contribution in [3.05, 3.63) is 60.7 Å². The molecule has 2 aromatic carbocycles.